The number of alkyl halides is 1. The summed E-state index contributed by atoms with van der Waals surface area (Å²) in [6.45, 7) is 0.737. The number of aromatic nitrogens is 2. The van der Waals surface area contributed by atoms with Gasteiger partial charge in [-0.1, -0.05) is 34.1 Å². The molecular formula is C14H16BrN3O. The Bertz CT molecular complexity index is 539. The van der Waals surface area contributed by atoms with Crippen LogP contribution in [0.1, 0.15) is 16.8 Å². The van der Waals surface area contributed by atoms with Crippen LogP contribution in [0.3, 0.4) is 0 Å². The Morgan fingerprint density at radius 3 is 2.79 bits per heavy atom. The van der Waals surface area contributed by atoms with Gasteiger partial charge in [0.15, 0.2) is 0 Å². The third-order valence-electron chi connectivity index (χ3n) is 2.82. The van der Waals surface area contributed by atoms with Crippen molar-refractivity contribution in [3.05, 3.63) is 48.3 Å². The van der Waals surface area contributed by atoms with Crippen LogP contribution in [0, 0.1) is 0 Å². The number of carbonyl (C=O) groups is 1. The highest BCUT2D eigenvalue weighted by Gasteiger charge is 2.13. The molecule has 0 saturated carbocycles. The van der Waals surface area contributed by atoms with Gasteiger partial charge in [-0.05, 0) is 18.6 Å². The summed E-state index contributed by atoms with van der Waals surface area (Å²) >= 11 is 3.36. The predicted molar refractivity (Wildman–Crippen MR) is 78.9 cm³/mol. The second kappa shape index (κ2) is 6.52. The summed E-state index contributed by atoms with van der Waals surface area (Å²) in [7, 11) is 1.81. The van der Waals surface area contributed by atoms with E-state index in [2.05, 4.69) is 21.0 Å². The SMILES string of the molecule is CN(CCCBr)C(=O)c1cnn(-c2ccccc2)c1. The quantitative estimate of drug-likeness (QED) is 0.794. The Balaban J connectivity index is 2.11. The highest BCUT2D eigenvalue weighted by Crippen LogP contribution is 2.09. The van der Waals surface area contributed by atoms with Crippen molar-refractivity contribution in [2.24, 2.45) is 0 Å². The van der Waals surface area contributed by atoms with Crippen molar-refractivity contribution in [2.75, 3.05) is 18.9 Å². The molecule has 0 unspecified atom stereocenters. The van der Waals surface area contributed by atoms with E-state index in [1.165, 1.54) is 0 Å². The lowest BCUT2D eigenvalue weighted by Gasteiger charge is -2.14. The highest BCUT2D eigenvalue weighted by atomic mass is 79.9. The maximum absolute atomic E-state index is 12.2. The molecule has 4 nitrogen and oxygen atoms in total. The minimum absolute atomic E-state index is 0.00290. The molecule has 0 atom stereocenters. The molecule has 0 fully saturated rings. The molecule has 0 bridgehead atoms. The summed E-state index contributed by atoms with van der Waals surface area (Å²) in [6.07, 6.45) is 4.32. The first-order valence-corrected chi connectivity index (χ1v) is 7.26. The highest BCUT2D eigenvalue weighted by molar-refractivity contribution is 9.09. The molecule has 0 N–H and O–H groups in total. The van der Waals surface area contributed by atoms with Crippen LogP contribution in [0.25, 0.3) is 5.69 Å². The van der Waals surface area contributed by atoms with Gasteiger partial charge in [-0.25, -0.2) is 4.68 Å². The van der Waals surface area contributed by atoms with E-state index >= 15 is 0 Å². The molecule has 1 aromatic carbocycles. The molecule has 0 aliphatic rings. The molecule has 1 heterocycles. The predicted octanol–water partition coefficient (Wildman–Crippen LogP) is 2.73. The van der Waals surface area contributed by atoms with Crippen LogP contribution in [0.2, 0.25) is 0 Å². The Morgan fingerprint density at radius 2 is 2.11 bits per heavy atom. The number of amides is 1. The van der Waals surface area contributed by atoms with Crippen LogP contribution in [0.5, 0.6) is 0 Å². The number of hydrogen-bond donors (Lipinski definition) is 0. The van der Waals surface area contributed by atoms with Gasteiger partial charge in [0.1, 0.15) is 0 Å². The van der Waals surface area contributed by atoms with Crippen molar-refractivity contribution >= 4 is 21.8 Å². The minimum Gasteiger partial charge on any atom is -0.342 e. The van der Waals surface area contributed by atoms with Crippen molar-refractivity contribution in [1.82, 2.24) is 14.7 Å². The zero-order valence-electron chi connectivity index (χ0n) is 10.8. The van der Waals surface area contributed by atoms with E-state index < -0.39 is 0 Å². The molecule has 0 radical (unpaired) electrons. The van der Waals surface area contributed by atoms with Crippen LogP contribution in [0.4, 0.5) is 0 Å². The number of nitrogens with zero attached hydrogens (tertiary/aromatic N) is 3. The van der Waals surface area contributed by atoms with Gasteiger partial charge in [-0.2, -0.15) is 5.10 Å². The molecule has 0 aliphatic carbocycles. The molecule has 0 spiro atoms. The number of carbonyl (C=O) groups excluding carboxylic acids is 1. The topological polar surface area (TPSA) is 38.1 Å². The number of para-hydroxylation sites is 1. The number of benzene rings is 1. The molecule has 0 aliphatic heterocycles. The molecule has 0 saturated heterocycles. The molecule has 19 heavy (non-hydrogen) atoms. The lowest BCUT2D eigenvalue weighted by Crippen LogP contribution is -2.27. The number of hydrogen-bond acceptors (Lipinski definition) is 2. The first-order chi connectivity index (χ1) is 9.22. The summed E-state index contributed by atoms with van der Waals surface area (Å²) in [6, 6.07) is 9.75. The minimum atomic E-state index is 0.00290. The van der Waals surface area contributed by atoms with Crippen molar-refractivity contribution in [3.8, 4) is 5.69 Å². The first kappa shape index (κ1) is 13.8. The monoisotopic (exact) mass is 321 g/mol. The van der Waals surface area contributed by atoms with Crippen LogP contribution in [-0.4, -0.2) is 39.5 Å². The largest absolute Gasteiger partial charge is 0.342 e. The lowest BCUT2D eigenvalue weighted by atomic mass is 10.3. The van der Waals surface area contributed by atoms with Crippen LogP contribution >= 0.6 is 15.9 Å². The van der Waals surface area contributed by atoms with Crippen LogP contribution in [-0.2, 0) is 0 Å². The van der Waals surface area contributed by atoms with E-state index in [1.54, 1.807) is 22.0 Å². The third-order valence-corrected chi connectivity index (χ3v) is 3.38. The summed E-state index contributed by atoms with van der Waals surface area (Å²) in [4.78, 5) is 13.9. The molecule has 5 heteroatoms. The molecule has 1 aromatic heterocycles. The van der Waals surface area contributed by atoms with Gasteiger partial charge in [0, 0.05) is 25.1 Å². The normalized spacial score (nSPS) is 10.4. The van der Waals surface area contributed by atoms with Crippen molar-refractivity contribution in [3.63, 3.8) is 0 Å². The van der Waals surface area contributed by atoms with Gasteiger partial charge >= 0.3 is 0 Å². The molecule has 2 aromatic rings. The van der Waals surface area contributed by atoms with E-state index in [0.29, 0.717) is 5.56 Å². The molecular weight excluding hydrogens is 306 g/mol. The van der Waals surface area contributed by atoms with Crippen LogP contribution < -0.4 is 0 Å². The van der Waals surface area contributed by atoms with E-state index in [9.17, 15) is 4.79 Å². The molecule has 1 amide bonds. The number of halogens is 1. The average molecular weight is 322 g/mol. The summed E-state index contributed by atoms with van der Waals surface area (Å²) in [5.74, 6) is 0.00290. The Labute approximate surface area is 121 Å². The maximum atomic E-state index is 12.2. The Morgan fingerprint density at radius 1 is 1.37 bits per heavy atom. The van der Waals surface area contributed by atoms with E-state index in [0.717, 1.165) is 24.0 Å². The Hall–Kier alpha value is -1.62. The fraction of sp³-hybridized carbons (Fsp3) is 0.286. The van der Waals surface area contributed by atoms with Gasteiger partial charge in [-0.15, -0.1) is 0 Å². The second-order valence-electron chi connectivity index (χ2n) is 4.28. The van der Waals surface area contributed by atoms with Crippen molar-refractivity contribution in [1.29, 1.82) is 0 Å². The first-order valence-electron chi connectivity index (χ1n) is 6.14. The third kappa shape index (κ3) is 3.44. The van der Waals surface area contributed by atoms with E-state index in [1.807, 2.05) is 37.4 Å². The molecule has 2 rings (SSSR count). The van der Waals surface area contributed by atoms with Gasteiger partial charge in [-0.3, -0.25) is 4.79 Å². The van der Waals surface area contributed by atoms with Gasteiger partial charge in [0.05, 0.1) is 17.4 Å². The van der Waals surface area contributed by atoms with Gasteiger partial charge in [0.25, 0.3) is 5.91 Å². The van der Waals surface area contributed by atoms with Gasteiger partial charge < -0.3 is 4.90 Å². The van der Waals surface area contributed by atoms with Crippen molar-refractivity contribution < 1.29 is 4.79 Å². The Kier molecular flexibility index (Phi) is 4.74. The van der Waals surface area contributed by atoms with E-state index in [4.69, 9.17) is 0 Å². The fourth-order valence-electron chi connectivity index (χ4n) is 1.77. The second-order valence-corrected chi connectivity index (χ2v) is 5.07. The van der Waals surface area contributed by atoms with Crippen LogP contribution in [0.15, 0.2) is 42.7 Å². The average Bonchev–Trinajstić information content (AvgIpc) is 2.94. The summed E-state index contributed by atoms with van der Waals surface area (Å²) in [5.41, 5.74) is 1.56. The lowest BCUT2D eigenvalue weighted by molar-refractivity contribution is 0.0795. The molecule has 100 valence electrons. The standard InChI is InChI=1S/C14H16BrN3O/c1-17(9-5-8-15)14(19)12-10-16-18(11-12)13-6-3-2-4-7-13/h2-4,6-7,10-11H,5,8-9H2,1H3. The fourth-order valence-corrected chi connectivity index (χ4v) is 2.02. The smallest absolute Gasteiger partial charge is 0.256 e. The van der Waals surface area contributed by atoms with Crippen molar-refractivity contribution in [2.45, 2.75) is 6.42 Å². The maximum Gasteiger partial charge on any atom is 0.256 e. The zero-order valence-corrected chi connectivity index (χ0v) is 12.4. The zero-order chi connectivity index (χ0) is 13.7. The van der Waals surface area contributed by atoms with Gasteiger partial charge in [0.2, 0.25) is 0 Å². The number of rotatable bonds is 5. The summed E-state index contributed by atoms with van der Waals surface area (Å²) < 4.78 is 1.71. The summed E-state index contributed by atoms with van der Waals surface area (Å²) in [5, 5.41) is 5.13. The van der Waals surface area contributed by atoms with E-state index in [-0.39, 0.29) is 5.91 Å².